The van der Waals surface area contributed by atoms with Crippen molar-refractivity contribution in [1.82, 2.24) is 0 Å². The third-order valence-electron chi connectivity index (χ3n) is 4.46. The fraction of sp³-hybridized carbons (Fsp3) is 0.333. The average molecular weight is 437 g/mol. The summed E-state index contributed by atoms with van der Waals surface area (Å²) in [7, 11) is 0. The second-order valence-electron chi connectivity index (χ2n) is 6.52. The van der Waals surface area contributed by atoms with Gasteiger partial charge in [-0.1, -0.05) is 36.2 Å². The van der Waals surface area contributed by atoms with Gasteiger partial charge in [-0.05, 0) is 36.8 Å². The molecule has 1 N–H and O–H groups in total. The van der Waals surface area contributed by atoms with E-state index in [0.29, 0.717) is 49.2 Å². The molecule has 0 aliphatic carbocycles. The van der Waals surface area contributed by atoms with Gasteiger partial charge in [-0.15, -0.1) is 0 Å². The molecular weight excluding hydrogens is 415 g/mol. The number of anilines is 2. The normalized spacial score (nSPS) is 13.8. The number of carbonyl (C=O) groups is 2. The molecule has 2 aromatic carbocycles. The Hall–Kier alpha value is -2.28. The first kappa shape index (κ1) is 21.4. The van der Waals surface area contributed by atoms with Crippen LogP contribution in [0.3, 0.4) is 0 Å². The number of morpholine rings is 1. The van der Waals surface area contributed by atoms with Crippen LogP contribution in [0.15, 0.2) is 36.4 Å². The van der Waals surface area contributed by atoms with E-state index in [-0.39, 0.29) is 10.6 Å². The summed E-state index contributed by atoms with van der Waals surface area (Å²) in [6.45, 7) is 4.80. The smallest absolute Gasteiger partial charge is 0.340 e. The second kappa shape index (κ2) is 9.96. The maximum atomic E-state index is 12.6. The van der Waals surface area contributed by atoms with Crippen LogP contribution in [0.5, 0.6) is 0 Å². The van der Waals surface area contributed by atoms with Gasteiger partial charge in [0.05, 0.1) is 46.7 Å². The fourth-order valence-electron chi connectivity index (χ4n) is 3.01. The van der Waals surface area contributed by atoms with Crippen molar-refractivity contribution in [3.63, 3.8) is 0 Å². The number of carbonyl (C=O) groups excluding carboxylic acids is 2. The Morgan fingerprint density at radius 1 is 1.14 bits per heavy atom. The van der Waals surface area contributed by atoms with E-state index in [1.807, 2.05) is 13.0 Å². The molecule has 0 atom stereocenters. The lowest BCUT2D eigenvalue weighted by molar-refractivity contribution is 0.0504. The van der Waals surface area contributed by atoms with Crippen molar-refractivity contribution in [3.8, 4) is 0 Å². The molecule has 0 saturated carbocycles. The van der Waals surface area contributed by atoms with Crippen LogP contribution < -0.4 is 10.2 Å². The minimum Gasteiger partial charge on any atom is -0.462 e. The molecular formula is C21H22Cl2N2O4. The van der Waals surface area contributed by atoms with Gasteiger partial charge in [-0.25, -0.2) is 4.79 Å². The van der Waals surface area contributed by atoms with Crippen molar-refractivity contribution < 1.29 is 19.1 Å². The minimum absolute atomic E-state index is 0.180. The van der Waals surface area contributed by atoms with Crippen LogP contribution in [0.25, 0.3) is 0 Å². The predicted octanol–water partition coefficient (Wildman–Crippen LogP) is 4.65. The van der Waals surface area contributed by atoms with Gasteiger partial charge in [-0.3, -0.25) is 4.79 Å². The van der Waals surface area contributed by atoms with Crippen molar-refractivity contribution in [1.29, 1.82) is 0 Å². The van der Waals surface area contributed by atoms with E-state index in [0.717, 1.165) is 12.1 Å². The van der Waals surface area contributed by atoms with Crippen LogP contribution in [0.4, 0.5) is 11.4 Å². The van der Waals surface area contributed by atoms with Gasteiger partial charge in [0.15, 0.2) is 0 Å². The highest BCUT2D eigenvalue weighted by molar-refractivity contribution is 6.44. The van der Waals surface area contributed by atoms with Gasteiger partial charge in [-0.2, -0.15) is 0 Å². The highest BCUT2D eigenvalue weighted by Gasteiger charge is 2.21. The summed E-state index contributed by atoms with van der Waals surface area (Å²) >= 11 is 12.1. The Morgan fingerprint density at radius 2 is 1.90 bits per heavy atom. The van der Waals surface area contributed by atoms with Crippen LogP contribution in [-0.4, -0.2) is 44.8 Å². The lowest BCUT2D eigenvalue weighted by Crippen LogP contribution is -2.37. The number of nitrogens with zero attached hydrogens (tertiary/aromatic N) is 1. The number of rotatable bonds is 6. The number of nitrogens with one attached hydrogen (secondary N) is 1. The highest BCUT2D eigenvalue weighted by Crippen LogP contribution is 2.29. The third kappa shape index (κ3) is 5.21. The van der Waals surface area contributed by atoms with Crippen molar-refractivity contribution in [3.05, 3.63) is 57.6 Å². The zero-order valence-electron chi connectivity index (χ0n) is 16.0. The molecule has 29 heavy (non-hydrogen) atoms. The standard InChI is InChI=1S/C21H22Cl2N2O4/c1-2-10-29-21(27)16-13-14(6-7-18(16)25-8-11-28-12-9-25)24-20(26)15-4-3-5-17(22)19(15)23/h3-7,13H,2,8-12H2,1H3,(H,24,26). The van der Waals surface area contributed by atoms with E-state index in [1.54, 1.807) is 30.3 Å². The van der Waals surface area contributed by atoms with E-state index in [4.69, 9.17) is 32.7 Å². The first-order valence-electron chi connectivity index (χ1n) is 9.40. The molecule has 1 heterocycles. The van der Waals surface area contributed by atoms with Crippen molar-refractivity contribution in [2.75, 3.05) is 43.1 Å². The lowest BCUT2D eigenvalue weighted by Gasteiger charge is -2.30. The van der Waals surface area contributed by atoms with Crippen LogP contribution in [0.1, 0.15) is 34.1 Å². The van der Waals surface area contributed by atoms with Crippen LogP contribution in [-0.2, 0) is 9.47 Å². The first-order chi connectivity index (χ1) is 14.0. The summed E-state index contributed by atoms with van der Waals surface area (Å²) in [5, 5.41) is 3.25. The molecule has 0 unspecified atom stereocenters. The molecule has 1 amide bonds. The molecule has 1 aliphatic rings. The first-order valence-corrected chi connectivity index (χ1v) is 10.2. The van der Waals surface area contributed by atoms with Crippen LogP contribution >= 0.6 is 23.2 Å². The number of benzene rings is 2. The molecule has 1 aliphatic heterocycles. The molecule has 0 spiro atoms. The largest absolute Gasteiger partial charge is 0.462 e. The summed E-state index contributed by atoms with van der Waals surface area (Å²) in [4.78, 5) is 27.3. The molecule has 2 aromatic rings. The Kier molecular flexibility index (Phi) is 7.36. The van der Waals surface area contributed by atoms with Crippen LogP contribution in [0, 0.1) is 0 Å². The highest BCUT2D eigenvalue weighted by atomic mass is 35.5. The van der Waals surface area contributed by atoms with Gasteiger partial charge in [0.1, 0.15) is 0 Å². The van der Waals surface area contributed by atoms with E-state index in [1.165, 1.54) is 0 Å². The molecule has 0 aromatic heterocycles. The summed E-state index contributed by atoms with van der Waals surface area (Å²) < 4.78 is 10.7. The molecule has 3 rings (SSSR count). The maximum Gasteiger partial charge on any atom is 0.340 e. The summed E-state index contributed by atoms with van der Waals surface area (Å²) in [6.07, 6.45) is 0.725. The molecule has 0 bridgehead atoms. The number of halogens is 2. The van der Waals surface area contributed by atoms with E-state index < -0.39 is 11.9 Å². The number of esters is 1. The number of ether oxygens (including phenoxy) is 2. The lowest BCUT2D eigenvalue weighted by atomic mass is 10.1. The summed E-state index contributed by atoms with van der Waals surface area (Å²) in [5.41, 5.74) is 1.88. The van der Waals surface area contributed by atoms with Gasteiger partial charge in [0, 0.05) is 18.8 Å². The quantitative estimate of drug-likeness (QED) is 0.667. The Labute approximate surface area is 179 Å². The number of hydrogen-bond acceptors (Lipinski definition) is 5. The predicted molar refractivity (Wildman–Crippen MR) is 114 cm³/mol. The Morgan fingerprint density at radius 3 is 2.62 bits per heavy atom. The minimum atomic E-state index is -0.426. The molecule has 8 heteroatoms. The summed E-state index contributed by atoms with van der Waals surface area (Å²) in [5.74, 6) is -0.838. The number of amides is 1. The van der Waals surface area contributed by atoms with Gasteiger partial charge in [0.2, 0.25) is 0 Å². The van der Waals surface area contributed by atoms with Gasteiger partial charge < -0.3 is 19.7 Å². The molecule has 1 fully saturated rings. The Balaban J connectivity index is 1.88. The summed E-state index contributed by atoms with van der Waals surface area (Å²) in [6, 6.07) is 10.0. The molecule has 0 radical (unpaired) electrons. The monoisotopic (exact) mass is 436 g/mol. The van der Waals surface area contributed by atoms with Gasteiger partial charge in [0.25, 0.3) is 5.91 Å². The van der Waals surface area contributed by atoms with Gasteiger partial charge >= 0.3 is 5.97 Å². The average Bonchev–Trinajstić information content (AvgIpc) is 2.74. The molecule has 1 saturated heterocycles. The van der Waals surface area contributed by atoms with E-state index in [9.17, 15) is 9.59 Å². The second-order valence-corrected chi connectivity index (χ2v) is 7.31. The molecule has 6 nitrogen and oxygen atoms in total. The fourth-order valence-corrected chi connectivity index (χ4v) is 3.39. The zero-order valence-corrected chi connectivity index (χ0v) is 17.6. The Bertz CT molecular complexity index is 898. The van der Waals surface area contributed by atoms with Crippen molar-refractivity contribution in [2.24, 2.45) is 0 Å². The van der Waals surface area contributed by atoms with Crippen molar-refractivity contribution in [2.45, 2.75) is 13.3 Å². The zero-order chi connectivity index (χ0) is 20.8. The van der Waals surface area contributed by atoms with E-state index in [2.05, 4.69) is 10.2 Å². The number of hydrogen-bond donors (Lipinski definition) is 1. The topological polar surface area (TPSA) is 67.9 Å². The van der Waals surface area contributed by atoms with Crippen molar-refractivity contribution >= 4 is 46.5 Å². The molecule has 154 valence electrons. The van der Waals surface area contributed by atoms with Crippen LogP contribution in [0.2, 0.25) is 10.0 Å². The SMILES string of the molecule is CCCOC(=O)c1cc(NC(=O)c2cccc(Cl)c2Cl)ccc1N1CCOCC1. The van der Waals surface area contributed by atoms with E-state index >= 15 is 0 Å². The maximum absolute atomic E-state index is 12.6. The third-order valence-corrected chi connectivity index (χ3v) is 5.28.